The molecule has 1 heterocycles. The first kappa shape index (κ1) is 15.3. The Morgan fingerprint density at radius 3 is 2.57 bits per heavy atom. The number of allylic oxidation sites excluding steroid dienone is 1. The van der Waals surface area contributed by atoms with E-state index in [2.05, 4.69) is 10.6 Å². The number of carbonyl (C=O) groups excluding carboxylic acids is 1. The van der Waals surface area contributed by atoms with E-state index in [1.54, 1.807) is 6.92 Å². The van der Waals surface area contributed by atoms with E-state index < -0.39 is 0 Å². The monoisotopic (exact) mass is 306 g/mol. The lowest BCUT2D eigenvalue weighted by molar-refractivity contribution is -0.136. The van der Waals surface area contributed by atoms with Crippen LogP contribution in [0.5, 0.6) is 5.75 Å². The summed E-state index contributed by atoms with van der Waals surface area (Å²) in [5.74, 6) is 0.409. The van der Waals surface area contributed by atoms with Crippen molar-refractivity contribution < 1.29 is 14.3 Å². The second kappa shape index (κ2) is 6.58. The summed E-state index contributed by atoms with van der Waals surface area (Å²) in [7, 11) is 1.37. The van der Waals surface area contributed by atoms with Crippen LogP contribution in [0.1, 0.15) is 25.5 Å². The molecule has 1 aromatic carbocycles. The van der Waals surface area contributed by atoms with Gasteiger partial charge < -0.3 is 20.1 Å². The van der Waals surface area contributed by atoms with Crippen LogP contribution >= 0.6 is 12.2 Å². The summed E-state index contributed by atoms with van der Waals surface area (Å²) in [5.41, 5.74) is 2.14. The van der Waals surface area contributed by atoms with Crippen LogP contribution in [0.4, 0.5) is 0 Å². The Labute approximate surface area is 129 Å². The normalized spacial score (nSPS) is 17.9. The molecule has 2 rings (SSSR count). The van der Waals surface area contributed by atoms with Gasteiger partial charge in [-0.3, -0.25) is 0 Å². The minimum atomic E-state index is -0.381. The second-order valence-corrected chi connectivity index (χ2v) is 4.97. The molecule has 0 amide bonds. The van der Waals surface area contributed by atoms with Crippen molar-refractivity contribution in [3.05, 3.63) is 41.1 Å². The van der Waals surface area contributed by atoms with Crippen LogP contribution in [0, 0.1) is 0 Å². The fraction of sp³-hybridized carbons (Fsp3) is 0.333. The average molecular weight is 306 g/mol. The summed E-state index contributed by atoms with van der Waals surface area (Å²) in [4.78, 5) is 12.0. The van der Waals surface area contributed by atoms with E-state index >= 15 is 0 Å². The standard InChI is InChI=1S/C15H18N2O3S/c1-4-20-11-7-5-10(6-8-11)13-12(14(18)19-3)9(2)16-15(21)17-13/h5-8,13H,4H2,1-3H3,(H2,16,17,21). The van der Waals surface area contributed by atoms with Crippen molar-refractivity contribution in [2.24, 2.45) is 0 Å². The van der Waals surface area contributed by atoms with Gasteiger partial charge in [0, 0.05) is 5.70 Å². The zero-order valence-corrected chi connectivity index (χ0v) is 13.0. The molecule has 2 N–H and O–H groups in total. The number of nitrogens with one attached hydrogen (secondary N) is 2. The smallest absolute Gasteiger partial charge is 0.337 e. The van der Waals surface area contributed by atoms with E-state index in [1.165, 1.54) is 7.11 Å². The van der Waals surface area contributed by atoms with Crippen molar-refractivity contribution >= 4 is 23.3 Å². The molecular formula is C15H18N2O3S. The molecule has 1 aliphatic heterocycles. The number of thiocarbonyl (C=S) groups is 1. The maximum absolute atomic E-state index is 12.0. The number of methoxy groups -OCH3 is 1. The maximum atomic E-state index is 12.0. The van der Waals surface area contributed by atoms with Crippen LogP contribution in [0.2, 0.25) is 0 Å². The highest BCUT2D eigenvalue weighted by atomic mass is 32.1. The quantitative estimate of drug-likeness (QED) is 0.656. The number of benzene rings is 1. The summed E-state index contributed by atoms with van der Waals surface area (Å²) < 4.78 is 10.3. The van der Waals surface area contributed by atoms with Crippen molar-refractivity contribution in [3.63, 3.8) is 0 Å². The number of hydrogen-bond acceptors (Lipinski definition) is 4. The van der Waals surface area contributed by atoms with E-state index in [1.807, 2.05) is 31.2 Å². The van der Waals surface area contributed by atoms with Gasteiger partial charge in [0.25, 0.3) is 0 Å². The molecule has 112 valence electrons. The van der Waals surface area contributed by atoms with Gasteiger partial charge >= 0.3 is 5.97 Å². The summed E-state index contributed by atoms with van der Waals surface area (Å²) in [5, 5.41) is 6.54. The molecule has 0 saturated carbocycles. The first-order valence-corrected chi connectivity index (χ1v) is 7.07. The van der Waals surface area contributed by atoms with Crippen LogP contribution < -0.4 is 15.4 Å². The molecular weight excluding hydrogens is 288 g/mol. The largest absolute Gasteiger partial charge is 0.494 e. The van der Waals surface area contributed by atoms with E-state index in [9.17, 15) is 4.79 Å². The predicted molar refractivity (Wildman–Crippen MR) is 83.9 cm³/mol. The summed E-state index contributed by atoms with van der Waals surface area (Å²) in [6.07, 6.45) is 0. The SMILES string of the molecule is CCOc1ccc(C2NC(=S)NC(C)=C2C(=O)OC)cc1. The molecule has 0 bridgehead atoms. The average Bonchev–Trinajstić information content (AvgIpc) is 2.47. The lowest BCUT2D eigenvalue weighted by Gasteiger charge is -2.29. The highest BCUT2D eigenvalue weighted by Crippen LogP contribution is 2.28. The number of esters is 1. The minimum absolute atomic E-state index is 0.332. The zero-order valence-electron chi connectivity index (χ0n) is 12.2. The number of carbonyl (C=O) groups is 1. The van der Waals surface area contributed by atoms with Gasteiger partial charge in [0.15, 0.2) is 5.11 Å². The van der Waals surface area contributed by atoms with Gasteiger partial charge in [-0.1, -0.05) is 12.1 Å². The topological polar surface area (TPSA) is 59.6 Å². The third-order valence-corrected chi connectivity index (χ3v) is 3.42. The van der Waals surface area contributed by atoms with Crippen molar-refractivity contribution in [1.29, 1.82) is 0 Å². The third kappa shape index (κ3) is 3.33. The molecule has 21 heavy (non-hydrogen) atoms. The Morgan fingerprint density at radius 2 is 2.00 bits per heavy atom. The molecule has 0 spiro atoms. The van der Waals surface area contributed by atoms with Gasteiger partial charge in [-0.05, 0) is 43.8 Å². The Bertz CT molecular complexity index is 581. The van der Waals surface area contributed by atoms with Crippen molar-refractivity contribution in [2.45, 2.75) is 19.9 Å². The molecule has 0 aromatic heterocycles. The Hall–Kier alpha value is -2.08. The van der Waals surface area contributed by atoms with Crippen molar-refractivity contribution in [2.75, 3.05) is 13.7 Å². The second-order valence-electron chi connectivity index (χ2n) is 4.56. The van der Waals surface area contributed by atoms with Gasteiger partial charge in [0.05, 0.1) is 25.3 Å². The van der Waals surface area contributed by atoms with Crippen molar-refractivity contribution in [3.8, 4) is 5.75 Å². The molecule has 1 atom stereocenters. The van der Waals surface area contributed by atoms with Gasteiger partial charge in [-0.15, -0.1) is 0 Å². The molecule has 6 heteroatoms. The van der Waals surface area contributed by atoms with Crippen LogP contribution in [-0.4, -0.2) is 24.8 Å². The number of hydrogen-bond donors (Lipinski definition) is 2. The van der Waals surface area contributed by atoms with Crippen LogP contribution in [0.3, 0.4) is 0 Å². The van der Waals surface area contributed by atoms with Crippen LogP contribution in [0.15, 0.2) is 35.5 Å². The van der Waals surface area contributed by atoms with E-state index in [4.69, 9.17) is 21.7 Å². The van der Waals surface area contributed by atoms with E-state index in [0.717, 1.165) is 11.3 Å². The maximum Gasteiger partial charge on any atom is 0.337 e. The zero-order chi connectivity index (χ0) is 15.4. The van der Waals surface area contributed by atoms with Gasteiger partial charge in [0.1, 0.15) is 5.75 Å². The predicted octanol–water partition coefficient (Wildman–Crippen LogP) is 2.05. The molecule has 0 radical (unpaired) electrons. The molecule has 1 unspecified atom stereocenters. The fourth-order valence-corrected chi connectivity index (χ4v) is 2.52. The molecule has 1 aromatic rings. The van der Waals surface area contributed by atoms with E-state index in [-0.39, 0.29) is 12.0 Å². The van der Waals surface area contributed by atoms with Gasteiger partial charge in [-0.25, -0.2) is 4.79 Å². The van der Waals surface area contributed by atoms with Gasteiger partial charge in [-0.2, -0.15) is 0 Å². The summed E-state index contributed by atoms with van der Waals surface area (Å²) in [6, 6.07) is 7.23. The molecule has 0 saturated heterocycles. The van der Waals surface area contributed by atoms with E-state index in [0.29, 0.717) is 23.0 Å². The third-order valence-electron chi connectivity index (χ3n) is 3.20. The summed E-state index contributed by atoms with van der Waals surface area (Å²) >= 11 is 5.17. The highest BCUT2D eigenvalue weighted by molar-refractivity contribution is 7.80. The lowest BCUT2D eigenvalue weighted by atomic mass is 9.95. The molecule has 0 fully saturated rings. The number of rotatable bonds is 4. The van der Waals surface area contributed by atoms with Crippen LogP contribution in [0.25, 0.3) is 0 Å². The Morgan fingerprint density at radius 1 is 1.33 bits per heavy atom. The molecule has 1 aliphatic rings. The van der Waals surface area contributed by atoms with Gasteiger partial charge in [0.2, 0.25) is 0 Å². The molecule has 5 nitrogen and oxygen atoms in total. The minimum Gasteiger partial charge on any atom is -0.494 e. The van der Waals surface area contributed by atoms with Crippen molar-refractivity contribution in [1.82, 2.24) is 10.6 Å². The number of ether oxygens (including phenoxy) is 2. The summed E-state index contributed by atoms with van der Waals surface area (Å²) in [6.45, 7) is 4.35. The Kier molecular flexibility index (Phi) is 4.80. The first-order valence-electron chi connectivity index (χ1n) is 6.66. The molecule has 0 aliphatic carbocycles. The lowest BCUT2D eigenvalue weighted by Crippen LogP contribution is -2.45. The highest BCUT2D eigenvalue weighted by Gasteiger charge is 2.30. The fourth-order valence-electron chi connectivity index (χ4n) is 2.25. The Balaban J connectivity index is 2.36. The first-order chi connectivity index (χ1) is 10.1. The van der Waals surface area contributed by atoms with Crippen LogP contribution in [-0.2, 0) is 9.53 Å².